The van der Waals surface area contributed by atoms with Crippen molar-refractivity contribution in [1.29, 1.82) is 0 Å². The third-order valence-corrected chi connectivity index (χ3v) is 3.40. The Hall–Kier alpha value is -0.320. The summed E-state index contributed by atoms with van der Waals surface area (Å²) in [4.78, 5) is 0. The molecule has 2 saturated heterocycles. The number of rotatable bonds is 2. The van der Waals surface area contributed by atoms with Crippen LogP contribution in [0.5, 0.6) is 0 Å². The quantitative estimate of drug-likeness (QED) is 0.369. The van der Waals surface area contributed by atoms with E-state index in [4.69, 9.17) is 14.2 Å². The van der Waals surface area contributed by atoms with Gasteiger partial charge < -0.3 is 39.7 Å². The van der Waals surface area contributed by atoms with Crippen molar-refractivity contribution in [3.63, 3.8) is 0 Å². The number of aliphatic hydroxyl groups is 5. The molecule has 8 heteroatoms. The standard InChI is InChI=1S/C11H20O8/c1-4-10(5(12)2-7(14)18-4)19-11-9(16)8(15)6(13)3-17-11/h4-16H,2-3H2,1H3. The van der Waals surface area contributed by atoms with E-state index >= 15 is 0 Å². The zero-order valence-electron chi connectivity index (χ0n) is 10.5. The minimum Gasteiger partial charge on any atom is -0.390 e. The molecule has 2 aliphatic heterocycles. The Bertz CT molecular complexity index is 288. The Balaban J connectivity index is 1.96. The number of hydrogen-bond donors (Lipinski definition) is 5. The van der Waals surface area contributed by atoms with Gasteiger partial charge in [0, 0.05) is 6.42 Å². The van der Waals surface area contributed by atoms with Crippen LogP contribution in [0.4, 0.5) is 0 Å². The van der Waals surface area contributed by atoms with Crippen LogP contribution in [0, 0.1) is 0 Å². The van der Waals surface area contributed by atoms with Gasteiger partial charge in [-0.3, -0.25) is 0 Å². The predicted octanol–water partition coefficient (Wildman–Crippen LogP) is -2.70. The summed E-state index contributed by atoms with van der Waals surface area (Å²) in [7, 11) is 0. The minimum absolute atomic E-state index is 0.0109. The van der Waals surface area contributed by atoms with Crippen LogP contribution >= 0.6 is 0 Å². The molecule has 0 saturated carbocycles. The van der Waals surface area contributed by atoms with Crippen LogP contribution in [0.15, 0.2) is 0 Å². The molecule has 0 amide bonds. The zero-order chi connectivity index (χ0) is 14.2. The lowest BCUT2D eigenvalue weighted by Crippen LogP contribution is -2.57. The van der Waals surface area contributed by atoms with Crippen molar-refractivity contribution in [3.8, 4) is 0 Å². The van der Waals surface area contributed by atoms with Gasteiger partial charge in [0.25, 0.3) is 0 Å². The van der Waals surface area contributed by atoms with Crippen LogP contribution in [0.1, 0.15) is 13.3 Å². The average Bonchev–Trinajstić information content (AvgIpc) is 2.33. The molecule has 112 valence electrons. The first kappa shape index (κ1) is 15.1. The van der Waals surface area contributed by atoms with Crippen LogP contribution in [0.2, 0.25) is 0 Å². The lowest BCUT2D eigenvalue weighted by molar-refractivity contribution is -0.320. The van der Waals surface area contributed by atoms with Crippen molar-refractivity contribution in [2.45, 2.75) is 62.5 Å². The molecule has 5 N–H and O–H groups in total. The molecular formula is C11H20O8. The van der Waals surface area contributed by atoms with E-state index in [0.29, 0.717) is 0 Å². The van der Waals surface area contributed by atoms with E-state index in [0.717, 1.165) is 0 Å². The van der Waals surface area contributed by atoms with Gasteiger partial charge in [-0.15, -0.1) is 0 Å². The van der Waals surface area contributed by atoms with Gasteiger partial charge in [-0.25, -0.2) is 0 Å². The first-order valence-electron chi connectivity index (χ1n) is 6.23. The fraction of sp³-hybridized carbons (Fsp3) is 1.00. The summed E-state index contributed by atoms with van der Waals surface area (Å²) in [5.41, 5.74) is 0. The molecule has 8 unspecified atom stereocenters. The Morgan fingerprint density at radius 2 is 1.68 bits per heavy atom. The van der Waals surface area contributed by atoms with Gasteiger partial charge in [0.1, 0.15) is 24.4 Å². The van der Waals surface area contributed by atoms with E-state index in [1.54, 1.807) is 6.92 Å². The molecular weight excluding hydrogens is 260 g/mol. The second-order valence-electron chi connectivity index (χ2n) is 4.95. The highest BCUT2D eigenvalue weighted by Crippen LogP contribution is 2.26. The molecule has 0 aromatic heterocycles. The number of aliphatic hydroxyl groups excluding tert-OH is 5. The topological polar surface area (TPSA) is 129 Å². The van der Waals surface area contributed by atoms with Crippen molar-refractivity contribution in [1.82, 2.24) is 0 Å². The summed E-state index contributed by atoms with van der Waals surface area (Å²) in [6, 6.07) is 0. The predicted molar refractivity (Wildman–Crippen MR) is 59.8 cm³/mol. The number of hydrogen-bond acceptors (Lipinski definition) is 8. The first-order valence-corrected chi connectivity index (χ1v) is 6.23. The largest absolute Gasteiger partial charge is 0.390 e. The van der Waals surface area contributed by atoms with Crippen molar-refractivity contribution in [2.75, 3.05) is 6.61 Å². The van der Waals surface area contributed by atoms with E-state index in [9.17, 15) is 25.5 Å². The second-order valence-corrected chi connectivity index (χ2v) is 4.95. The van der Waals surface area contributed by atoms with E-state index in [-0.39, 0.29) is 13.0 Å². The highest BCUT2D eigenvalue weighted by atomic mass is 16.7. The minimum atomic E-state index is -1.42. The SMILES string of the molecule is CC1OC(O)CC(O)C1OC1OCC(O)C(O)C1O. The summed E-state index contributed by atoms with van der Waals surface area (Å²) in [6.45, 7) is 1.43. The van der Waals surface area contributed by atoms with Gasteiger partial charge in [-0.1, -0.05) is 0 Å². The van der Waals surface area contributed by atoms with Crippen molar-refractivity contribution < 1.29 is 39.7 Å². The molecule has 0 radical (unpaired) electrons. The van der Waals surface area contributed by atoms with Gasteiger partial charge in [0.2, 0.25) is 0 Å². The molecule has 0 aliphatic carbocycles. The second kappa shape index (κ2) is 5.98. The Kier molecular flexibility index (Phi) is 4.75. The summed E-state index contributed by atoms with van der Waals surface area (Å²) in [5.74, 6) is 0. The van der Waals surface area contributed by atoms with Gasteiger partial charge in [0.15, 0.2) is 12.6 Å². The maximum atomic E-state index is 9.83. The lowest BCUT2D eigenvalue weighted by Gasteiger charge is -2.41. The molecule has 2 aliphatic rings. The van der Waals surface area contributed by atoms with Crippen LogP contribution in [0.3, 0.4) is 0 Å². The zero-order valence-corrected chi connectivity index (χ0v) is 10.5. The van der Waals surface area contributed by atoms with E-state index in [1.165, 1.54) is 0 Å². The molecule has 0 aromatic rings. The highest BCUT2D eigenvalue weighted by molar-refractivity contribution is 4.86. The van der Waals surface area contributed by atoms with Crippen molar-refractivity contribution in [2.24, 2.45) is 0 Å². The summed E-state index contributed by atoms with van der Waals surface area (Å²) < 4.78 is 15.6. The molecule has 8 atom stereocenters. The van der Waals surface area contributed by atoms with Gasteiger partial charge in [0.05, 0.1) is 18.8 Å². The van der Waals surface area contributed by atoms with Crippen LogP contribution in [-0.2, 0) is 14.2 Å². The van der Waals surface area contributed by atoms with Crippen LogP contribution < -0.4 is 0 Å². The van der Waals surface area contributed by atoms with Gasteiger partial charge >= 0.3 is 0 Å². The summed E-state index contributed by atoms with van der Waals surface area (Å²) in [5, 5.41) is 47.7. The molecule has 19 heavy (non-hydrogen) atoms. The number of ether oxygens (including phenoxy) is 3. The monoisotopic (exact) mass is 280 g/mol. The van der Waals surface area contributed by atoms with Crippen LogP contribution in [-0.4, -0.2) is 81.3 Å². The first-order chi connectivity index (χ1) is 8.90. The van der Waals surface area contributed by atoms with Crippen molar-refractivity contribution in [3.05, 3.63) is 0 Å². The molecule has 2 rings (SSSR count). The van der Waals surface area contributed by atoms with E-state index in [2.05, 4.69) is 0 Å². The molecule has 8 nitrogen and oxygen atoms in total. The van der Waals surface area contributed by atoms with Crippen molar-refractivity contribution >= 4 is 0 Å². The maximum absolute atomic E-state index is 9.83. The maximum Gasteiger partial charge on any atom is 0.186 e. The third-order valence-electron chi connectivity index (χ3n) is 3.40. The lowest BCUT2D eigenvalue weighted by atomic mass is 10.0. The molecule has 0 bridgehead atoms. The molecule has 0 aromatic carbocycles. The Morgan fingerprint density at radius 1 is 1.00 bits per heavy atom. The molecule has 0 spiro atoms. The van der Waals surface area contributed by atoms with Gasteiger partial charge in [-0.2, -0.15) is 0 Å². The van der Waals surface area contributed by atoms with E-state index in [1.807, 2.05) is 0 Å². The smallest absolute Gasteiger partial charge is 0.186 e. The fourth-order valence-electron chi connectivity index (χ4n) is 2.29. The molecule has 2 heterocycles. The summed E-state index contributed by atoms with van der Waals surface area (Å²) >= 11 is 0. The normalized spacial score (nSPS) is 52.1. The average molecular weight is 280 g/mol. The Morgan fingerprint density at radius 3 is 2.32 bits per heavy atom. The van der Waals surface area contributed by atoms with E-state index < -0.39 is 49.2 Å². The highest BCUT2D eigenvalue weighted by Gasteiger charge is 2.43. The Labute approximate surface area is 110 Å². The fourth-order valence-corrected chi connectivity index (χ4v) is 2.29. The van der Waals surface area contributed by atoms with Crippen LogP contribution in [0.25, 0.3) is 0 Å². The third kappa shape index (κ3) is 3.23. The summed E-state index contributed by atoms with van der Waals surface area (Å²) in [6.07, 6.45) is -8.59. The van der Waals surface area contributed by atoms with Gasteiger partial charge in [-0.05, 0) is 6.92 Å². The molecule has 2 fully saturated rings.